The van der Waals surface area contributed by atoms with Crippen LogP contribution in [0.4, 0.5) is 0 Å². The maximum Gasteiger partial charge on any atom is 0.0931 e. The van der Waals surface area contributed by atoms with Crippen molar-refractivity contribution in [1.82, 2.24) is 5.43 Å². The van der Waals surface area contributed by atoms with Gasteiger partial charge < -0.3 is 0 Å². The van der Waals surface area contributed by atoms with Crippen molar-refractivity contribution < 1.29 is 0 Å². The molecule has 20 heavy (non-hydrogen) atoms. The molecule has 0 amide bonds. The van der Waals surface area contributed by atoms with Crippen LogP contribution < -0.4 is 11.3 Å². The zero-order chi connectivity index (χ0) is 14.4. The second-order valence-electron chi connectivity index (χ2n) is 6.11. The number of halogens is 1. The normalized spacial score (nSPS) is 24.8. The van der Waals surface area contributed by atoms with Crippen molar-refractivity contribution in [1.29, 1.82) is 0 Å². The quantitative estimate of drug-likeness (QED) is 0.562. The first-order valence-electron chi connectivity index (χ1n) is 7.93. The van der Waals surface area contributed by atoms with Crippen molar-refractivity contribution in [2.45, 2.75) is 64.3 Å². The minimum Gasteiger partial charge on any atom is -0.271 e. The van der Waals surface area contributed by atoms with E-state index in [1.165, 1.54) is 49.8 Å². The molecule has 1 aliphatic rings. The van der Waals surface area contributed by atoms with Crippen LogP contribution in [0.25, 0.3) is 0 Å². The van der Waals surface area contributed by atoms with Crippen LogP contribution in [0.5, 0.6) is 0 Å². The van der Waals surface area contributed by atoms with Gasteiger partial charge in [0, 0.05) is 10.9 Å². The Balaban J connectivity index is 1.81. The van der Waals surface area contributed by atoms with Crippen LogP contribution in [0.1, 0.15) is 56.7 Å². The molecule has 0 spiro atoms. The van der Waals surface area contributed by atoms with Crippen molar-refractivity contribution in [3.05, 3.63) is 21.3 Å². The molecule has 3 N–H and O–H groups in total. The lowest BCUT2D eigenvalue weighted by Gasteiger charge is -2.33. The fourth-order valence-corrected chi connectivity index (χ4v) is 4.56. The molecule has 0 saturated heterocycles. The SMILES string of the molecule is CCCCC1CCC(C(Cc2ccc(Cl)s2)NN)CC1. The van der Waals surface area contributed by atoms with Gasteiger partial charge in [0.25, 0.3) is 0 Å². The fraction of sp³-hybridized carbons (Fsp3) is 0.750. The second kappa shape index (κ2) is 8.38. The van der Waals surface area contributed by atoms with Crippen LogP contribution in [-0.2, 0) is 6.42 Å². The van der Waals surface area contributed by atoms with Gasteiger partial charge in [0.1, 0.15) is 0 Å². The van der Waals surface area contributed by atoms with Gasteiger partial charge in [0.15, 0.2) is 0 Å². The maximum atomic E-state index is 6.01. The zero-order valence-corrected chi connectivity index (χ0v) is 14.0. The molecule has 4 heteroatoms. The van der Waals surface area contributed by atoms with E-state index in [1.807, 2.05) is 6.07 Å². The summed E-state index contributed by atoms with van der Waals surface area (Å²) in [5.74, 6) is 7.47. The average Bonchev–Trinajstić information content (AvgIpc) is 2.88. The van der Waals surface area contributed by atoms with Crippen LogP contribution >= 0.6 is 22.9 Å². The zero-order valence-electron chi connectivity index (χ0n) is 12.4. The molecule has 1 aliphatic carbocycles. The van der Waals surface area contributed by atoms with Gasteiger partial charge in [-0.3, -0.25) is 11.3 Å². The van der Waals surface area contributed by atoms with E-state index < -0.39 is 0 Å². The van der Waals surface area contributed by atoms with Crippen molar-refractivity contribution >= 4 is 22.9 Å². The molecule has 2 rings (SSSR count). The highest BCUT2D eigenvalue weighted by Crippen LogP contribution is 2.35. The van der Waals surface area contributed by atoms with Gasteiger partial charge in [-0.05, 0) is 43.2 Å². The van der Waals surface area contributed by atoms with E-state index in [9.17, 15) is 0 Å². The molecule has 0 aliphatic heterocycles. The summed E-state index contributed by atoms with van der Waals surface area (Å²) in [7, 11) is 0. The molecular formula is C16H27ClN2S. The Hall–Kier alpha value is -0.0900. The Bertz CT molecular complexity index is 386. The smallest absolute Gasteiger partial charge is 0.0931 e. The summed E-state index contributed by atoms with van der Waals surface area (Å²) in [6.45, 7) is 2.28. The number of nitrogens with one attached hydrogen (secondary N) is 1. The van der Waals surface area contributed by atoms with Crippen molar-refractivity contribution in [3.63, 3.8) is 0 Å². The number of rotatable bonds is 7. The van der Waals surface area contributed by atoms with Crippen molar-refractivity contribution in [2.24, 2.45) is 17.7 Å². The molecule has 2 nitrogen and oxygen atoms in total. The molecule has 1 saturated carbocycles. The first-order chi connectivity index (χ1) is 9.72. The minimum absolute atomic E-state index is 0.400. The second-order valence-corrected chi connectivity index (χ2v) is 7.91. The lowest BCUT2D eigenvalue weighted by atomic mass is 9.76. The third kappa shape index (κ3) is 4.73. The van der Waals surface area contributed by atoms with E-state index in [1.54, 1.807) is 11.3 Å². The lowest BCUT2D eigenvalue weighted by molar-refractivity contribution is 0.212. The molecule has 1 fully saturated rings. The number of hydrogen-bond acceptors (Lipinski definition) is 3. The minimum atomic E-state index is 0.400. The molecule has 1 aromatic rings. The largest absolute Gasteiger partial charge is 0.271 e. The maximum absolute atomic E-state index is 6.01. The Morgan fingerprint density at radius 2 is 2.10 bits per heavy atom. The molecule has 114 valence electrons. The van der Waals surface area contributed by atoms with E-state index in [0.29, 0.717) is 6.04 Å². The summed E-state index contributed by atoms with van der Waals surface area (Å²) in [5.41, 5.74) is 3.05. The molecule has 1 unspecified atom stereocenters. The molecular weight excluding hydrogens is 288 g/mol. The number of hydrogen-bond donors (Lipinski definition) is 2. The summed E-state index contributed by atoms with van der Waals surface area (Å²) in [6.07, 6.45) is 10.6. The summed E-state index contributed by atoms with van der Waals surface area (Å²) < 4.78 is 0.874. The molecule has 0 aromatic carbocycles. The Morgan fingerprint density at radius 3 is 2.65 bits per heavy atom. The number of nitrogens with two attached hydrogens (primary N) is 1. The van der Waals surface area contributed by atoms with Crippen molar-refractivity contribution in [2.75, 3.05) is 0 Å². The van der Waals surface area contributed by atoms with Crippen LogP contribution in [-0.4, -0.2) is 6.04 Å². The standard InChI is InChI=1S/C16H27ClN2S/c1-2-3-4-12-5-7-13(8-6-12)15(19-18)11-14-9-10-16(17)20-14/h9-10,12-13,15,19H,2-8,11,18H2,1H3. The molecule has 1 atom stereocenters. The predicted molar refractivity (Wildman–Crippen MR) is 89.1 cm³/mol. The van der Waals surface area contributed by atoms with Crippen molar-refractivity contribution in [3.8, 4) is 0 Å². The number of unbranched alkanes of at least 4 members (excludes halogenated alkanes) is 1. The molecule has 1 heterocycles. The summed E-state index contributed by atoms with van der Waals surface area (Å²) >= 11 is 7.68. The summed E-state index contributed by atoms with van der Waals surface area (Å²) in [5, 5.41) is 0. The first kappa shape index (κ1) is 16.3. The lowest BCUT2D eigenvalue weighted by Crippen LogP contribution is -2.43. The Labute approximate surface area is 132 Å². The van der Waals surface area contributed by atoms with Gasteiger partial charge in [-0.1, -0.05) is 50.6 Å². The van der Waals surface area contributed by atoms with E-state index in [0.717, 1.165) is 22.6 Å². The topological polar surface area (TPSA) is 38.0 Å². The van der Waals surface area contributed by atoms with Gasteiger partial charge in [0.2, 0.25) is 0 Å². The van der Waals surface area contributed by atoms with Gasteiger partial charge in [0.05, 0.1) is 4.34 Å². The first-order valence-corrected chi connectivity index (χ1v) is 9.12. The van der Waals surface area contributed by atoms with Crippen LogP contribution in [0, 0.1) is 11.8 Å². The number of hydrazine groups is 1. The fourth-order valence-electron chi connectivity index (χ4n) is 3.41. The number of thiophene rings is 1. The molecule has 1 aromatic heterocycles. The van der Waals surface area contributed by atoms with E-state index >= 15 is 0 Å². The highest BCUT2D eigenvalue weighted by molar-refractivity contribution is 7.16. The summed E-state index contributed by atoms with van der Waals surface area (Å²) in [4.78, 5) is 1.34. The highest BCUT2D eigenvalue weighted by atomic mass is 35.5. The van der Waals surface area contributed by atoms with Gasteiger partial charge in [-0.15, -0.1) is 11.3 Å². The van der Waals surface area contributed by atoms with Gasteiger partial charge in [-0.2, -0.15) is 0 Å². The molecule has 0 bridgehead atoms. The third-order valence-corrected chi connectivity index (χ3v) is 5.94. The van der Waals surface area contributed by atoms with Gasteiger partial charge >= 0.3 is 0 Å². The van der Waals surface area contributed by atoms with E-state index in [4.69, 9.17) is 17.4 Å². The Kier molecular flexibility index (Phi) is 6.82. The molecule has 0 radical (unpaired) electrons. The predicted octanol–water partition coefficient (Wildman–Crippen LogP) is 4.77. The Morgan fingerprint density at radius 1 is 1.35 bits per heavy atom. The van der Waals surface area contributed by atoms with Gasteiger partial charge in [-0.25, -0.2) is 0 Å². The van der Waals surface area contributed by atoms with E-state index in [-0.39, 0.29) is 0 Å². The van der Waals surface area contributed by atoms with Crippen LogP contribution in [0.3, 0.4) is 0 Å². The highest BCUT2D eigenvalue weighted by Gasteiger charge is 2.27. The average molecular weight is 315 g/mol. The van der Waals surface area contributed by atoms with E-state index in [2.05, 4.69) is 18.4 Å². The van der Waals surface area contributed by atoms with Crippen LogP contribution in [0.2, 0.25) is 4.34 Å². The summed E-state index contributed by atoms with van der Waals surface area (Å²) in [6, 6.07) is 4.51. The van der Waals surface area contributed by atoms with Crippen LogP contribution in [0.15, 0.2) is 12.1 Å². The monoisotopic (exact) mass is 314 g/mol. The third-order valence-electron chi connectivity index (χ3n) is 4.69.